The van der Waals surface area contributed by atoms with Crippen LogP contribution in [0, 0.1) is 0 Å². The summed E-state index contributed by atoms with van der Waals surface area (Å²) in [6.07, 6.45) is 3.92. The van der Waals surface area contributed by atoms with Crippen LogP contribution in [0.15, 0.2) is 101 Å². The Kier molecular flexibility index (Phi) is 9.47. The van der Waals surface area contributed by atoms with Gasteiger partial charge in [0.15, 0.2) is 16.7 Å². The minimum absolute atomic E-state index is 0.0146. The molecule has 5 aromatic rings. The van der Waals surface area contributed by atoms with Gasteiger partial charge >= 0.3 is 0 Å². The standard InChI is InChI=1S/C37H36N6O5S/c1-2-33(34(44)39-22-26-7-6-14-38-21-26)49-37-40-30-20-32-31(47-24-48-32)19-29(30)36(46)43(37)23-25-10-12-27(13-11-25)35(45)42-17-15-41(16-18-42)28-8-4-3-5-9-28/h3-14,19-21,33H,2,15-18,22-24H2,1H3,(H,39,44). The lowest BCUT2D eigenvalue weighted by Crippen LogP contribution is -2.48. The monoisotopic (exact) mass is 676 g/mol. The lowest BCUT2D eigenvalue weighted by molar-refractivity contribution is -0.120. The first-order valence-electron chi connectivity index (χ1n) is 16.3. The fraction of sp³-hybridized carbons (Fsp3) is 0.270. The molecule has 1 unspecified atom stereocenters. The number of benzene rings is 3. The highest BCUT2D eigenvalue weighted by molar-refractivity contribution is 8.00. The molecule has 3 aromatic carbocycles. The van der Waals surface area contributed by atoms with E-state index in [1.54, 1.807) is 29.1 Å². The van der Waals surface area contributed by atoms with E-state index in [4.69, 9.17) is 14.5 Å². The highest BCUT2D eigenvalue weighted by Crippen LogP contribution is 2.35. The Labute approximate surface area is 287 Å². The molecule has 7 rings (SSSR count). The molecule has 1 N–H and O–H groups in total. The Morgan fingerprint density at radius 3 is 2.39 bits per heavy atom. The van der Waals surface area contributed by atoms with E-state index in [0.717, 1.165) is 29.9 Å². The molecule has 2 aliphatic heterocycles. The maximum Gasteiger partial charge on any atom is 0.262 e. The number of para-hydroxylation sites is 1. The number of hydrogen-bond donors (Lipinski definition) is 1. The molecule has 0 aliphatic carbocycles. The van der Waals surface area contributed by atoms with Crippen LogP contribution in [0.3, 0.4) is 0 Å². The van der Waals surface area contributed by atoms with Crippen LogP contribution in [-0.2, 0) is 17.9 Å². The van der Waals surface area contributed by atoms with Crippen molar-refractivity contribution in [2.45, 2.75) is 36.8 Å². The zero-order chi connectivity index (χ0) is 33.7. The van der Waals surface area contributed by atoms with Gasteiger partial charge in [-0.25, -0.2) is 4.98 Å². The molecule has 1 atom stereocenters. The first kappa shape index (κ1) is 32.2. The van der Waals surface area contributed by atoms with E-state index >= 15 is 0 Å². The lowest BCUT2D eigenvalue weighted by atomic mass is 10.1. The number of piperazine rings is 1. The van der Waals surface area contributed by atoms with Gasteiger partial charge in [-0.1, -0.05) is 55.1 Å². The van der Waals surface area contributed by atoms with Gasteiger partial charge in [-0.15, -0.1) is 0 Å². The summed E-state index contributed by atoms with van der Waals surface area (Å²) in [5.74, 6) is 0.845. The van der Waals surface area contributed by atoms with Crippen molar-refractivity contribution >= 4 is 40.2 Å². The van der Waals surface area contributed by atoms with E-state index in [9.17, 15) is 14.4 Å². The third-order valence-corrected chi connectivity index (χ3v) is 10.1. The maximum atomic E-state index is 14.1. The van der Waals surface area contributed by atoms with Gasteiger partial charge in [0, 0.05) is 62.4 Å². The first-order valence-corrected chi connectivity index (χ1v) is 17.2. The molecule has 0 saturated carbocycles. The van der Waals surface area contributed by atoms with Crippen LogP contribution in [0.4, 0.5) is 5.69 Å². The molecular formula is C37H36N6O5S. The summed E-state index contributed by atoms with van der Waals surface area (Å²) in [7, 11) is 0. The number of amides is 2. The van der Waals surface area contributed by atoms with Crippen LogP contribution in [-0.4, -0.2) is 69.5 Å². The topological polar surface area (TPSA) is 119 Å². The van der Waals surface area contributed by atoms with Crippen molar-refractivity contribution < 1.29 is 19.1 Å². The molecule has 2 aliphatic rings. The number of thioether (sulfide) groups is 1. The van der Waals surface area contributed by atoms with Crippen LogP contribution in [0.5, 0.6) is 11.5 Å². The van der Waals surface area contributed by atoms with Gasteiger partial charge in [-0.3, -0.25) is 23.9 Å². The number of anilines is 1. The molecule has 2 aromatic heterocycles. The second kappa shape index (κ2) is 14.4. The minimum atomic E-state index is -0.497. The summed E-state index contributed by atoms with van der Waals surface area (Å²) in [6, 6.07) is 24.7. The van der Waals surface area contributed by atoms with E-state index < -0.39 is 5.25 Å². The van der Waals surface area contributed by atoms with Gasteiger partial charge in [0.05, 0.1) is 22.7 Å². The number of aromatic nitrogens is 3. The summed E-state index contributed by atoms with van der Waals surface area (Å²) < 4.78 is 12.7. The Hall–Kier alpha value is -5.36. The SMILES string of the molecule is CCC(Sc1nc2cc3c(cc2c(=O)n1Cc1ccc(C(=O)N2CCN(c4ccccc4)CC2)cc1)OCO3)C(=O)NCc1cccnc1. The highest BCUT2D eigenvalue weighted by atomic mass is 32.2. The van der Waals surface area contributed by atoms with Crippen molar-refractivity contribution in [2.75, 3.05) is 37.9 Å². The largest absolute Gasteiger partial charge is 0.454 e. The number of pyridine rings is 1. The summed E-state index contributed by atoms with van der Waals surface area (Å²) in [4.78, 5) is 53.9. The average Bonchev–Trinajstić information content (AvgIpc) is 3.62. The number of nitrogens with zero attached hydrogens (tertiary/aromatic N) is 5. The molecule has 12 heteroatoms. The third kappa shape index (κ3) is 7.09. The van der Waals surface area contributed by atoms with E-state index in [1.807, 2.05) is 66.4 Å². The molecule has 11 nitrogen and oxygen atoms in total. The quantitative estimate of drug-likeness (QED) is 0.166. The fourth-order valence-electron chi connectivity index (χ4n) is 6.00. The highest BCUT2D eigenvalue weighted by Gasteiger charge is 2.25. The Morgan fingerprint density at radius 1 is 0.918 bits per heavy atom. The predicted octanol–water partition coefficient (Wildman–Crippen LogP) is 4.72. The van der Waals surface area contributed by atoms with Gasteiger partial charge in [0.25, 0.3) is 11.5 Å². The molecule has 250 valence electrons. The molecule has 4 heterocycles. The van der Waals surface area contributed by atoms with Gasteiger partial charge in [0.1, 0.15) is 0 Å². The zero-order valence-corrected chi connectivity index (χ0v) is 27.9. The normalized spacial score (nSPS) is 14.6. The van der Waals surface area contributed by atoms with Crippen molar-refractivity contribution in [1.82, 2.24) is 24.8 Å². The fourth-order valence-corrected chi connectivity index (χ4v) is 7.04. The number of rotatable bonds is 10. The first-order chi connectivity index (χ1) is 24.0. The maximum absolute atomic E-state index is 14.1. The van der Waals surface area contributed by atoms with Crippen LogP contribution in [0.2, 0.25) is 0 Å². The molecule has 1 saturated heterocycles. The van der Waals surface area contributed by atoms with Gasteiger partial charge < -0.3 is 24.6 Å². The van der Waals surface area contributed by atoms with E-state index in [1.165, 1.54) is 11.8 Å². The summed E-state index contributed by atoms with van der Waals surface area (Å²) >= 11 is 1.25. The van der Waals surface area contributed by atoms with Crippen LogP contribution >= 0.6 is 11.8 Å². The summed E-state index contributed by atoms with van der Waals surface area (Å²) in [6.45, 7) is 5.38. The van der Waals surface area contributed by atoms with Crippen LogP contribution in [0.1, 0.15) is 34.8 Å². The number of carbonyl (C=O) groups excluding carboxylic acids is 2. The smallest absolute Gasteiger partial charge is 0.262 e. The molecule has 1 fully saturated rings. The van der Waals surface area contributed by atoms with Crippen LogP contribution < -0.4 is 25.2 Å². The van der Waals surface area contributed by atoms with E-state index in [-0.39, 0.29) is 30.7 Å². The number of nitrogens with one attached hydrogen (secondary N) is 1. The second-order valence-corrected chi connectivity index (χ2v) is 13.1. The van der Waals surface area contributed by atoms with Crippen molar-refractivity contribution in [3.05, 3.63) is 118 Å². The number of carbonyl (C=O) groups is 2. The Bertz CT molecular complexity index is 2020. The molecule has 0 spiro atoms. The van der Waals surface area contributed by atoms with Gasteiger partial charge in [0.2, 0.25) is 12.7 Å². The summed E-state index contributed by atoms with van der Waals surface area (Å²) in [5, 5.41) is 3.30. The van der Waals surface area contributed by atoms with Gasteiger partial charge in [-0.2, -0.15) is 0 Å². The number of fused-ring (bicyclic) bond motifs is 2. The van der Waals surface area contributed by atoms with Crippen molar-refractivity contribution in [2.24, 2.45) is 0 Å². The molecule has 0 bridgehead atoms. The Morgan fingerprint density at radius 2 is 1.67 bits per heavy atom. The van der Waals surface area contributed by atoms with E-state index in [0.29, 0.717) is 59.2 Å². The number of ether oxygens (including phenoxy) is 2. The van der Waals surface area contributed by atoms with E-state index in [2.05, 4.69) is 27.3 Å². The molecule has 49 heavy (non-hydrogen) atoms. The van der Waals surface area contributed by atoms with Crippen molar-refractivity contribution in [1.29, 1.82) is 0 Å². The van der Waals surface area contributed by atoms with Gasteiger partial charge in [-0.05, 0) is 53.9 Å². The average molecular weight is 677 g/mol. The predicted molar refractivity (Wildman–Crippen MR) is 188 cm³/mol. The number of hydrogen-bond acceptors (Lipinski definition) is 9. The van der Waals surface area contributed by atoms with Crippen LogP contribution in [0.25, 0.3) is 10.9 Å². The Balaban J connectivity index is 1.11. The second-order valence-electron chi connectivity index (χ2n) is 11.9. The van der Waals surface area contributed by atoms with Crippen molar-refractivity contribution in [3.63, 3.8) is 0 Å². The molecule has 0 radical (unpaired) electrons. The minimum Gasteiger partial charge on any atom is -0.454 e. The molecule has 2 amide bonds. The third-order valence-electron chi connectivity index (χ3n) is 8.74. The molecular weight excluding hydrogens is 641 g/mol. The zero-order valence-electron chi connectivity index (χ0n) is 27.1. The lowest BCUT2D eigenvalue weighted by Gasteiger charge is -2.36. The van der Waals surface area contributed by atoms with Crippen molar-refractivity contribution in [3.8, 4) is 11.5 Å². The summed E-state index contributed by atoms with van der Waals surface area (Å²) in [5.41, 5.74) is 3.68.